The molecule has 6 heteroatoms. The lowest BCUT2D eigenvalue weighted by Gasteiger charge is -2.23. The molecule has 0 saturated heterocycles. The number of aliphatic hydroxyl groups is 1. The minimum absolute atomic E-state index is 0.124. The largest absolute Gasteiger partial charge is 0.384 e. The molecule has 0 aliphatic heterocycles. The molecular weight excluding hydrogens is 288 g/mol. The van der Waals surface area contributed by atoms with Crippen LogP contribution in [0.1, 0.15) is 24.5 Å². The molecule has 1 unspecified atom stereocenters. The van der Waals surface area contributed by atoms with Crippen LogP contribution in [-0.2, 0) is 10.0 Å². The van der Waals surface area contributed by atoms with Crippen molar-refractivity contribution in [1.82, 2.24) is 4.31 Å². The van der Waals surface area contributed by atoms with Crippen LogP contribution in [0.4, 0.5) is 0 Å². The number of nitrogens with zero attached hydrogens (tertiary/aromatic N) is 2. The van der Waals surface area contributed by atoms with Crippen molar-refractivity contribution in [3.05, 3.63) is 29.3 Å². The molecule has 0 aliphatic carbocycles. The van der Waals surface area contributed by atoms with Crippen molar-refractivity contribution < 1.29 is 13.5 Å². The molecule has 0 radical (unpaired) electrons. The van der Waals surface area contributed by atoms with E-state index in [-0.39, 0.29) is 17.9 Å². The fourth-order valence-corrected chi connectivity index (χ4v) is 3.36. The average molecular weight is 306 g/mol. The Kier molecular flexibility index (Phi) is 5.92. The van der Waals surface area contributed by atoms with E-state index in [1.54, 1.807) is 26.0 Å². The fraction of sp³-hybridized carbons (Fsp3) is 0.400. The monoisotopic (exact) mass is 306 g/mol. The van der Waals surface area contributed by atoms with Crippen molar-refractivity contribution in [3.8, 4) is 17.9 Å². The summed E-state index contributed by atoms with van der Waals surface area (Å²) in [5.74, 6) is 5.18. The van der Waals surface area contributed by atoms with E-state index < -0.39 is 16.1 Å². The Bertz CT molecular complexity index is 709. The van der Waals surface area contributed by atoms with Gasteiger partial charge in [-0.3, -0.25) is 0 Å². The van der Waals surface area contributed by atoms with Crippen LogP contribution in [0.3, 0.4) is 0 Å². The zero-order chi connectivity index (χ0) is 16.0. The molecule has 0 spiro atoms. The topological polar surface area (TPSA) is 81.4 Å². The number of rotatable bonds is 4. The lowest BCUT2D eigenvalue weighted by Crippen LogP contribution is -2.35. The van der Waals surface area contributed by atoms with Crippen LogP contribution < -0.4 is 0 Å². The first-order valence-electron chi connectivity index (χ1n) is 6.40. The lowest BCUT2D eigenvalue weighted by atomic mass is 10.1. The average Bonchev–Trinajstić information content (AvgIpc) is 2.45. The molecule has 0 bridgehead atoms. The number of aryl methyl sites for hydroxylation is 1. The summed E-state index contributed by atoms with van der Waals surface area (Å²) in [6, 6.07) is 6.43. The van der Waals surface area contributed by atoms with Crippen LogP contribution >= 0.6 is 0 Å². The molecule has 1 aromatic carbocycles. The van der Waals surface area contributed by atoms with E-state index in [9.17, 15) is 8.42 Å². The van der Waals surface area contributed by atoms with E-state index in [1.165, 1.54) is 17.4 Å². The van der Waals surface area contributed by atoms with Gasteiger partial charge in [-0.25, -0.2) is 8.42 Å². The quantitative estimate of drug-likeness (QED) is 0.849. The second-order valence-corrected chi connectivity index (χ2v) is 6.64. The van der Waals surface area contributed by atoms with Gasteiger partial charge in [0.05, 0.1) is 17.4 Å². The predicted octanol–water partition coefficient (Wildman–Crippen LogP) is 1.26. The number of aliphatic hydroxyl groups excluding tert-OH is 1. The van der Waals surface area contributed by atoms with Crippen LogP contribution in [0.25, 0.3) is 0 Å². The van der Waals surface area contributed by atoms with Gasteiger partial charge in [0, 0.05) is 18.7 Å². The minimum atomic E-state index is -3.69. The summed E-state index contributed by atoms with van der Waals surface area (Å²) in [7, 11) is -2.23. The van der Waals surface area contributed by atoms with Crippen LogP contribution in [0.5, 0.6) is 0 Å². The fourth-order valence-electron chi connectivity index (χ4n) is 1.75. The van der Waals surface area contributed by atoms with Gasteiger partial charge in [0.1, 0.15) is 6.61 Å². The van der Waals surface area contributed by atoms with Crippen LogP contribution in [-0.4, -0.2) is 37.5 Å². The van der Waals surface area contributed by atoms with Gasteiger partial charge >= 0.3 is 0 Å². The van der Waals surface area contributed by atoms with Crippen LogP contribution in [0, 0.1) is 30.1 Å². The molecule has 1 N–H and O–H groups in total. The second-order valence-electron chi connectivity index (χ2n) is 4.67. The third kappa shape index (κ3) is 4.05. The number of benzene rings is 1. The van der Waals surface area contributed by atoms with Crippen molar-refractivity contribution in [3.63, 3.8) is 0 Å². The second kappa shape index (κ2) is 7.24. The highest BCUT2D eigenvalue weighted by Crippen LogP contribution is 2.22. The number of nitriles is 1. The van der Waals surface area contributed by atoms with E-state index in [4.69, 9.17) is 10.4 Å². The van der Waals surface area contributed by atoms with Gasteiger partial charge in [-0.15, -0.1) is 0 Å². The van der Waals surface area contributed by atoms with Crippen molar-refractivity contribution in [2.45, 2.75) is 31.2 Å². The SMILES string of the molecule is Cc1ccc(C#CCO)cc1S(=O)(=O)N(C)C(C)CC#N. The Balaban J connectivity index is 3.28. The van der Waals surface area contributed by atoms with Gasteiger partial charge in [0.15, 0.2) is 0 Å². The lowest BCUT2D eigenvalue weighted by molar-refractivity contribution is 0.350. The van der Waals surface area contributed by atoms with Crippen molar-refractivity contribution >= 4 is 10.0 Å². The highest BCUT2D eigenvalue weighted by molar-refractivity contribution is 7.89. The van der Waals surface area contributed by atoms with Crippen LogP contribution in [0.15, 0.2) is 23.1 Å². The molecule has 1 aromatic rings. The van der Waals surface area contributed by atoms with E-state index in [1.807, 2.05) is 6.07 Å². The number of sulfonamides is 1. The molecule has 0 saturated carbocycles. The van der Waals surface area contributed by atoms with E-state index in [0.29, 0.717) is 11.1 Å². The molecule has 5 nitrogen and oxygen atoms in total. The summed E-state index contributed by atoms with van der Waals surface area (Å²) in [6.07, 6.45) is 0.124. The summed E-state index contributed by atoms with van der Waals surface area (Å²) in [4.78, 5) is 0.166. The first-order chi connectivity index (χ1) is 9.84. The maximum absolute atomic E-state index is 12.6. The summed E-state index contributed by atoms with van der Waals surface area (Å²) in [6.45, 7) is 3.11. The highest BCUT2D eigenvalue weighted by Gasteiger charge is 2.26. The number of hydrogen-bond donors (Lipinski definition) is 1. The molecule has 0 heterocycles. The normalized spacial score (nSPS) is 12.4. The Morgan fingerprint density at radius 2 is 2.10 bits per heavy atom. The summed E-state index contributed by atoms with van der Waals surface area (Å²) in [5, 5.41) is 17.4. The minimum Gasteiger partial charge on any atom is -0.384 e. The zero-order valence-electron chi connectivity index (χ0n) is 12.3. The Morgan fingerprint density at radius 3 is 2.67 bits per heavy atom. The first kappa shape index (κ1) is 17.2. The van der Waals surface area contributed by atoms with Gasteiger partial charge < -0.3 is 5.11 Å². The van der Waals surface area contributed by atoms with Crippen molar-refractivity contribution in [2.24, 2.45) is 0 Å². The molecule has 1 rings (SSSR count). The molecule has 1 atom stereocenters. The molecule has 0 aromatic heterocycles. The molecular formula is C15H18N2O3S. The molecule has 0 amide bonds. The summed E-state index contributed by atoms with van der Waals surface area (Å²) < 4.78 is 26.4. The zero-order valence-corrected chi connectivity index (χ0v) is 13.1. The Morgan fingerprint density at radius 1 is 1.43 bits per heavy atom. The molecule has 0 aliphatic rings. The predicted molar refractivity (Wildman–Crippen MR) is 79.8 cm³/mol. The maximum atomic E-state index is 12.6. The third-order valence-corrected chi connectivity index (χ3v) is 5.28. The highest BCUT2D eigenvalue weighted by atomic mass is 32.2. The molecule has 112 valence electrons. The van der Waals surface area contributed by atoms with Gasteiger partial charge in [0.25, 0.3) is 0 Å². The smallest absolute Gasteiger partial charge is 0.243 e. The maximum Gasteiger partial charge on any atom is 0.243 e. The molecule has 0 fully saturated rings. The standard InChI is InChI=1S/C15H18N2O3S/c1-12-6-7-14(5-4-10-18)11-15(12)21(19,20)17(3)13(2)8-9-16/h6-7,11,13,18H,8,10H2,1-3H3. The number of hydrogen-bond acceptors (Lipinski definition) is 4. The summed E-state index contributed by atoms with van der Waals surface area (Å²) in [5.41, 5.74) is 1.13. The van der Waals surface area contributed by atoms with Gasteiger partial charge in [0.2, 0.25) is 10.0 Å². The van der Waals surface area contributed by atoms with Gasteiger partial charge in [-0.05, 0) is 31.5 Å². The summed E-state index contributed by atoms with van der Waals surface area (Å²) >= 11 is 0. The van der Waals surface area contributed by atoms with Gasteiger partial charge in [-0.2, -0.15) is 9.57 Å². The van der Waals surface area contributed by atoms with Crippen LogP contribution in [0.2, 0.25) is 0 Å². The Labute approximate surface area is 125 Å². The van der Waals surface area contributed by atoms with Crippen molar-refractivity contribution in [2.75, 3.05) is 13.7 Å². The molecule has 21 heavy (non-hydrogen) atoms. The first-order valence-corrected chi connectivity index (χ1v) is 7.84. The van der Waals surface area contributed by atoms with E-state index in [2.05, 4.69) is 11.8 Å². The van der Waals surface area contributed by atoms with Gasteiger partial charge in [-0.1, -0.05) is 17.9 Å². The van der Waals surface area contributed by atoms with Crippen molar-refractivity contribution in [1.29, 1.82) is 5.26 Å². The van der Waals surface area contributed by atoms with E-state index in [0.717, 1.165) is 0 Å². The Hall–Kier alpha value is -1.86. The third-order valence-electron chi connectivity index (χ3n) is 3.16. The van der Waals surface area contributed by atoms with E-state index >= 15 is 0 Å².